The Kier molecular flexibility index (Phi) is 5.76. The van der Waals surface area contributed by atoms with E-state index in [0.717, 1.165) is 25.8 Å². The van der Waals surface area contributed by atoms with Crippen LogP contribution in [0, 0.1) is 0 Å². The average Bonchev–Trinajstić information content (AvgIpc) is 2.49. The smallest absolute Gasteiger partial charge is 0.252 e. The van der Waals surface area contributed by atoms with Gasteiger partial charge >= 0.3 is 0 Å². The highest BCUT2D eigenvalue weighted by Gasteiger charge is 2.23. The van der Waals surface area contributed by atoms with Crippen molar-refractivity contribution in [1.29, 1.82) is 0 Å². The van der Waals surface area contributed by atoms with Crippen molar-refractivity contribution >= 4 is 11.7 Å². The van der Waals surface area contributed by atoms with E-state index in [-0.39, 0.29) is 12.5 Å². The summed E-state index contributed by atoms with van der Waals surface area (Å²) in [6, 6.07) is 5.77. The third-order valence-corrected chi connectivity index (χ3v) is 3.55. The first-order valence-corrected chi connectivity index (χ1v) is 7.10. The number of hydrogen-bond donors (Lipinski definition) is 3. The quantitative estimate of drug-likeness (QED) is 0.670. The van der Waals surface area contributed by atoms with Crippen molar-refractivity contribution in [2.75, 3.05) is 25.1 Å². The van der Waals surface area contributed by atoms with Gasteiger partial charge in [0.1, 0.15) is 5.82 Å². The lowest BCUT2D eigenvalue weighted by Crippen LogP contribution is -2.47. The van der Waals surface area contributed by atoms with Gasteiger partial charge in [-0.25, -0.2) is 4.98 Å². The van der Waals surface area contributed by atoms with Crippen LogP contribution in [0.25, 0.3) is 0 Å². The molecule has 0 aliphatic carbocycles. The van der Waals surface area contributed by atoms with E-state index in [1.54, 1.807) is 12.3 Å². The van der Waals surface area contributed by atoms with Crippen LogP contribution >= 0.6 is 0 Å². The molecule has 1 saturated heterocycles. The number of pyridine rings is 1. The number of piperidine rings is 1. The highest BCUT2D eigenvalue weighted by atomic mass is 16.3. The van der Waals surface area contributed by atoms with Gasteiger partial charge in [-0.15, -0.1) is 0 Å². The maximum atomic E-state index is 11.9. The largest absolute Gasteiger partial charge is 0.396 e. The van der Waals surface area contributed by atoms with Gasteiger partial charge in [0.2, 0.25) is 0 Å². The van der Waals surface area contributed by atoms with Crippen molar-refractivity contribution in [1.82, 2.24) is 15.3 Å². The van der Waals surface area contributed by atoms with E-state index in [0.29, 0.717) is 18.4 Å². The molecule has 2 rings (SSSR count). The molecule has 20 heavy (non-hydrogen) atoms. The molecule has 0 spiro atoms. The molecule has 110 valence electrons. The fraction of sp³-hybridized carbons (Fsp3) is 0.571. The Morgan fingerprint density at radius 2 is 2.35 bits per heavy atom. The average molecular weight is 278 g/mol. The van der Waals surface area contributed by atoms with E-state index in [1.165, 1.54) is 6.42 Å². The summed E-state index contributed by atoms with van der Waals surface area (Å²) in [6.07, 6.45) is 5.75. The van der Waals surface area contributed by atoms with Crippen LogP contribution in [-0.2, 0) is 4.79 Å². The van der Waals surface area contributed by atoms with E-state index in [9.17, 15) is 4.79 Å². The SMILES string of the molecule is O=C(CN1CCCCC1CCO)NNc1ccccn1. The van der Waals surface area contributed by atoms with Crippen LogP contribution in [0.5, 0.6) is 0 Å². The molecule has 6 nitrogen and oxygen atoms in total. The number of aliphatic hydroxyl groups is 1. The van der Waals surface area contributed by atoms with E-state index in [2.05, 4.69) is 20.7 Å². The monoisotopic (exact) mass is 278 g/mol. The third kappa shape index (κ3) is 4.47. The fourth-order valence-electron chi connectivity index (χ4n) is 2.54. The minimum Gasteiger partial charge on any atom is -0.396 e. The van der Waals surface area contributed by atoms with Crippen LogP contribution in [0.4, 0.5) is 5.82 Å². The molecule has 6 heteroatoms. The molecule has 1 aliphatic heterocycles. The fourth-order valence-corrected chi connectivity index (χ4v) is 2.54. The van der Waals surface area contributed by atoms with Crippen LogP contribution in [0.3, 0.4) is 0 Å². The number of nitrogens with zero attached hydrogens (tertiary/aromatic N) is 2. The van der Waals surface area contributed by atoms with Gasteiger partial charge in [-0.05, 0) is 37.9 Å². The molecule has 0 saturated carbocycles. The van der Waals surface area contributed by atoms with Gasteiger partial charge in [-0.2, -0.15) is 0 Å². The van der Waals surface area contributed by atoms with E-state index in [1.807, 2.05) is 12.1 Å². The first kappa shape index (κ1) is 14.7. The Morgan fingerprint density at radius 1 is 1.45 bits per heavy atom. The van der Waals surface area contributed by atoms with Crippen LogP contribution in [0.1, 0.15) is 25.7 Å². The summed E-state index contributed by atoms with van der Waals surface area (Å²) in [5.41, 5.74) is 5.45. The Morgan fingerprint density at radius 3 is 3.10 bits per heavy atom. The van der Waals surface area contributed by atoms with Gasteiger partial charge in [0.15, 0.2) is 0 Å². The lowest BCUT2D eigenvalue weighted by molar-refractivity contribution is -0.122. The number of likely N-dealkylation sites (tertiary alicyclic amines) is 1. The number of nitrogens with one attached hydrogen (secondary N) is 2. The molecule has 1 amide bonds. The molecule has 2 heterocycles. The molecular formula is C14H22N4O2. The molecular weight excluding hydrogens is 256 g/mol. The Balaban J connectivity index is 1.78. The second-order valence-corrected chi connectivity index (χ2v) is 5.02. The number of hydrogen-bond acceptors (Lipinski definition) is 5. The van der Waals surface area contributed by atoms with E-state index >= 15 is 0 Å². The van der Waals surface area contributed by atoms with E-state index in [4.69, 9.17) is 5.11 Å². The zero-order chi connectivity index (χ0) is 14.2. The highest BCUT2D eigenvalue weighted by molar-refractivity contribution is 5.79. The summed E-state index contributed by atoms with van der Waals surface area (Å²) in [5, 5.41) is 9.07. The third-order valence-electron chi connectivity index (χ3n) is 3.55. The number of anilines is 1. The number of amides is 1. The van der Waals surface area contributed by atoms with Crippen molar-refractivity contribution in [3.8, 4) is 0 Å². The lowest BCUT2D eigenvalue weighted by Gasteiger charge is -2.34. The number of carbonyl (C=O) groups is 1. The van der Waals surface area contributed by atoms with Gasteiger partial charge in [0.25, 0.3) is 5.91 Å². The van der Waals surface area contributed by atoms with E-state index < -0.39 is 0 Å². The van der Waals surface area contributed by atoms with Crippen LogP contribution in [0.2, 0.25) is 0 Å². The summed E-state index contributed by atoms with van der Waals surface area (Å²) in [4.78, 5) is 18.1. The van der Waals surface area contributed by atoms with Crippen molar-refractivity contribution in [2.45, 2.75) is 31.7 Å². The topological polar surface area (TPSA) is 77.5 Å². The molecule has 0 aromatic carbocycles. The Hall–Kier alpha value is -1.66. The van der Waals surface area contributed by atoms with Crippen LogP contribution < -0.4 is 10.9 Å². The number of aliphatic hydroxyl groups excluding tert-OH is 1. The summed E-state index contributed by atoms with van der Waals surface area (Å²) >= 11 is 0. The molecule has 1 aromatic heterocycles. The second kappa shape index (κ2) is 7.81. The normalized spacial score (nSPS) is 19.6. The van der Waals surface area contributed by atoms with Gasteiger partial charge in [0, 0.05) is 18.8 Å². The summed E-state index contributed by atoms with van der Waals surface area (Å²) in [5.74, 6) is 0.534. The molecule has 1 fully saturated rings. The molecule has 1 aliphatic rings. The molecule has 3 N–H and O–H groups in total. The minimum atomic E-state index is -0.0829. The number of carbonyl (C=O) groups excluding carboxylic acids is 1. The van der Waals surface area contributed by atoms with Crippen molar-refractivity contribution in [3.63, 3.8) is 0 Å². The predicted molar refractivity (Wildman–Crippen MR) is 76.9 cm³/mol. The van der Waals surface area contributed by atoms with Crippen LogP contribution in [-0.4, -0.2) is 46.6 Å². The zero-order valence-corrected chi connectivity index (χ0v) is 11.6. The van der Waals surface area contributed by atoms with Gasteiger partial charge in [-0.1, -0.05) is 12.5 Å². The predicted octanol–water partition coefficient (Wildman–Crippen LogP) is 0.762. The molecule has 1 atom stereocenters. The number of hydrazine groups is 1. The molecule has 1 unspecified atom stereocenters. The number of aromatic nitrogens is 1. The first-order chi connectivity index (χ1) is 9.79. The van der Waals surface area contributed by atoms with Crippen molar-refractivity contribution in [2.24, 2.45) is 0 Å². The summed E-state index contributed by atoms with van der Waals surface area (Å²) < 4.78 is 0. The molecule has 0 radical (unpaired) electrons. The van der Waals surface area contributed by atoms with Crippen LogP contribution in [0.15, 0.2) is 24.4 Å². The maximum Gasteiger partial charge on any atom is 0.252 e. The Labute approximate surface area is 119 Å². The Bertz CT molecular complexity index is 411. The zero-order valence-electron chi connectivity index (χ0n) is 11.6. The second-order valence-electron chi connectivity index (χ2n) is 5.02. The van der Waals surface area contributed by atoms with Gasteiger partial charge in [-0.3, -0.25) is 20.5 Å². The number of rotatable bonds is 6. The summed E-state index contributed by atoms with van der Waals surface area (Å²) in [7, 11) is 0. The maximum absolute atomic E-state index is 11.9. The lowest BCUT2D eigenvalue weighted by atomic mass is 10.00. The molecule has 0 bridgehead atoms. The minimum absolute atomic E-state index is 0.0829. The van der Waals surface area contributed by atoms with Crippen molar-refractivity contribution in [3.05, 3.63) is 24.4 Å². The highest BCUT2D eigenvalue weighted by Crippen LogP contribution is 2.18. The van der Waals surface area contributed by atoms with Gasteiger partial charge in [0.05, 0.1) is 6.54 Å². The summed E-state index contributed by atoms with van der Waals surface area (Å²) in [6.45, 7) is 1.45. The van der Waals surface area contributed by atoms with Gasteiger partial charge < -0.3 is 5.11 Å². The first-order valence-electron chi connectivity index (χ1n) is 7.10. The standard InChI is InChI=1S/C14H22N4O2/c19-10-7-12-5-2-4-9-18(12)11-14(20)17-16-13-6-1-3-8-15-13/h1,3,6,8,12,19H,2,4-5,7,9-11H2,(H,15,16)(H,17,20). The molecule has 1 aromatic rings. The van der Waals surface area contributed by atoms with Crippen molar-refractivity contribution < 1.29 is 9.90 Å².